The molecule has 1 aromatic carbocycles. The van der Waals surface area contributed by atoms with Gasteiger partial charge in [0.1, 0.15) is 5.65 Å². The molecule has 2 aliphatic rings. The van der Waals surface area contributed by atoms with Crippen molar-refractivity contribution in [1.29, 1.82) is 0 Å². The van der Waals surface area contributed by atoms with E-state index in [9.17, 15) is 14.7 Å². The molecule has 1 aliphatic heterocycles. The van der Waals surface area contributed by atoms with Crippen molar-refractivity contribution in [1.82, 2.24) is 24.6 Å². The molecule has 1 amide bonds. The number of ether oxygens (including phenoxy) is 1. The van der Waals surface area contributed by atoms with Gasteiger partial charge in [-0.3, -0.25) is 19.1 Å². The summed E-state index contributed by atoms with van der Waals surface area (Å²) in [6.45, 7) is 5.97. The van der Waals surface area contributed by atoms with Gasteiger partial charge >= 0.3 is 0 Å². The molecule has 2 N–H and O–H groups in total. The van der Waals surface area contributed by atoms with Crippen LogP contribution in [0.4, 0.5) is 0 Å². The van der Waals surface area contributed by atoms with Crippen LogP contribution >= 0.6 is 0 Å². The topological polar surface area (TPSA) is 123 Å². The lowest BCUT2D eigenvalue weighted by molar-refractivity contribution is -0.119. The summed E-state index contributed by atoms with van der Waals surface area (Å²) in [6, 6.07) is 13.8. The third kappa shape index (κ3) is 6.77. The van der Waals surface area contributed by atoms with Gasteiger partial charge in [0.2, 0.25) is 5.91 Å². The van der Waals surface area contributed by atoms with E-state index in [2.05, 4.69) is 17.5 Å². The van der Waals surface area contributed by atoms with Gasteiger partial charge in [0, 0.05) is 41.4 Å². The minimum absolute atomic E-state index is 0.0424. The minimum atomic E-state index is -0.861. The van der Waals surface area contributed by atoms with Crippen LogP contribution in [0, 0.1) is 0 Å². The number of carbonyl (C=O) groups excluding carboxylic acids is 1. The summed E-state index contributed by atoms with van der Waals surface area (Å²) in [7, 11) is 0. The molecule has 10 heteroatoms. The number of hydrogen-bond acceptors (Lipinski definition) is 7. The Morgan fingerprint density at radius 2 is 1.82 bits per heavy atom. The Morgan fingerprint density at radius 3 is 2.49 bits per heavy atom. The van der Waals surface area contributed by atoms with Crippen LogP contribution < -0.4 is 11.0 Å². The summed E-state index contributed by atoms with van der Waals surface area (Å²) in [6.07, 6.45) is 10.5. The predicted molar refractivity (Wildman–Crippen MR) is 173 cm³/mol. The van der Waals surface area contributed by atoms with Crippen LogP contribution in [-0.2, 0) is 22.4 Å². The van der Waals surface area contributed by atoms with Gasteiger partial charge in [-0.1, -0.05) is 43.7 Å². The second-order valence-electron chi connectivity index (χ2n) is 12.9. The molecule has 0 saturated heterocycles. The Kier molecular flexibility index (Phi) is 8.96. The standard InChI is InChI=1S/C35H42N6O4/c1-4-5-10-31-28(19-23-11-16-29(36-21-23)26-8-6-7-9-27(26)30-20-32(42)39-38-30)34(43)40(33-17-18-37-41(31)33)24-12-14-25(15-13-24)45-22-35(2,3)44/h6-9,11,16-18,21,24-25,44H,4-5,10,12-15,19-20,22H2,1-3H3,(H,39,42). The Bertz CT molecular complexity index is 1760. The van der Waals surface area contributed by atoms with Crippen molar-refractivity contribution in [2.24, 2.45) is 5.10 Å². The molecule has 0 unspecified atom stereocenters. The number of nitrogens with zero attached hydrogens (tertiary/aromatic N) is 5. The first kappa shape index (κ1) is 30.9. The van der Waals surface area contributed by atoms with E-state index >= 15 is 0 Å². The summed E-state index contributed by atoms with van der Waals surface area (Å²) in [5.41, 5.74) is 8.50. The summed E-state index contributed by atoms with van der Waals surface area (Å²) >= 11 is 0. The molecule has 0 radical (unpaired) electrons. The second kappa shape index (κ2) is 13.1. The Balaban J connectivity index is 1.30. The van der Waals surface area contributed by atoms with E-state index in [4.69, 9.17) is 14.8 Å². The molecule has 0 spiro atoms. The fourth-order valence-electron chi connectivity index (χ4n) is 6.48. The molecule has 0 bridgehead atoms. The molecule has 4 aromatic rings. The Morgan fingerprint density at radius 1 is 1.04 bits per heavy atom. The summed E-state index contributed by atoms with van der Waals surface area (Å²) in [5, 5.41) is 19.0. The fraction of sp³-hybridized carbons (Fsp3) is 0.457. The maximum absolute atomic E-state index is 14.4. The zero-order valence-electron chi connectivity index (χ0n) is 26.3. The second-order valence-corrected chi connectivity index (χ2v) is 12.9. The Labute approximate surface area is 263 Å². The van der Waals surface area contributed by atoms with Gasteiger partial charge in [-0.05, 0) is 64.0 Å². The van der Waals surface area contributed by atoms with E-state index in [1.165, 1.54) is 0 Å². The molecule has 4 heterocycles. The zero-order chi connectivity index (χ0) is 31.6. The summed E-state index contributed by atoms with van der Waals surface area (Å²) in [5.74, 6) is -0.117. The lowest BCUT2D eigenvalue weighted by Crippen LogP contribution is -2.36. The maximum Gasteiger partial charge on any atom is 0.257 e. The zero-order valence-corrected chi connectivity index (χ0v) is 26.3. The van der Waals surface area contributed by atoms with Crippen molar-refractivity contribution in [3.8, 4) is 11.3 Å². The van der Waals surface area contributed by atoms with Gasteiger partial charge in [-0.2, -0.15) is 10.2 Å². The fourth-order valence-corrected chi connectivity index (χ4v) is 6.48. The van der Waals surface area contributed by atoms with Crippen LogP contribution in [-0.4, -0.2) is 54.2 Å². The number of pyridine rings is 1. The first-order chi connectivity index (χ1) is 21.7. The third-order valence-electron chi connectivity index (χ3n) is 8.76. The van der Waals surface area contributed by atoms with Gasteiger partial charge in [-0.25, -0.2) is 9.94 Å². The number of aromatic nitrogens is 4. The number of aliphatic hydroxyl groups is 1. The largest absolute Gasteiger partial charge is 0.388 e. The third-order valence-corrected chi connectivity index (χ3v) is 8.76. The highest BCUT2D eigenvalue weighted by Crippen LogP contribution is 2.32. The molecule has 3 aromatic heterocycles. The monoisotopic (exact) mass is 610 g/mol. The molecular formula is C35H42N6O4. The van der Waals surface area contributed by atoms with E-state index in [0.717, 1.165) is 84.2 Å². The minimum Gasteiger partial charge on any atom is -0.388 e. The average Bonchev–Trinajstić information content (AvgIpc) is 3.70. The van der Waals surface area contributed by atoms with Crippen molar-refractivity contribution in [2.45, 2.75) is 96.3 Å². The lowest BCUT2D eigenvalue weighted by atomic mass is 9.92. The number of hydrazone groups is 1. The van der Waals surface area contributed by atoms with Gasteiger partial charge < -0.3 is 9.84 Å². The molecule has 10 nitrogen and oxygen atoms in total. The van der Waals surface area contributed by atoms with Crippen molar-refractivity contribution in [3.63, 3.8) is 0 Å². The number of carbonyl (C=O) groups is 1. The number of amides is 1. The quantitative estimate of drug-likeness (QED) is 0.247. The first-order valence-electron chi connectivity index (χ1n) is 16.1. The van der Waals surface area contributed by atoms with Crippen molar-refractivity contribution in [2.75, 3.05) is 6.61 Å². The SMILES string of the molecule is CCCCc1c(Cc2ccc(-c3ccccc3C3=NNC(=O)C3)nc2)c(=O)n(C2CCC(OCC(C)(C)O)CC2)c2ccnn12. The van der Waals surface area contributed by atoms with E-state index in [0.29, 0.717) is 18.7 Å². The van der Waals surface area contributed by atoms with Gasteiger partial charge in [-0.15, -0.1) is 0 Å². The summed E-state index contributed by atoms with van der Waals surface area (Å²) < 4.78 is 9.93. The van der Waals surface area contributed by atoms with Crippen LogP contribution in [0.5, 0.6) is 0 Å². The highest BCUT2D eigenvalue weighted by atomic mass is 16.5. The molecular weight excluding hydrogens is 568 g/mol. The lowest BCUT2D eigenvalue weighted by Gasteiger charge is -2.32. The number of benzene rings is 1. The average molecular weight is 611 g/mol. The smallest absolute Gasteiger partial charge is 0.257 e. The van der Waals surface area contributed by atoms with Crippen LogP contribution in [0.1, 0.15) is 94.1 Å². The number of unbranched alkanes of at least 4 members (excludes halogenated alkanes) is 1. The molecule has 6 rings (SSSR count). The van der Waals surface area contributed by atoms with Gasteiger partial charge in [0.15, 0.2) is 0 Å². The van der Waals surface area contributed by atoms with E-state index < -0.39 is 5.60 Å². The molecule has 1 aliphatic carbocycles. The number of aryl methyl sites for hydroxylation is 1. The molecule has 45 heavy (non-hydrogen) atoms. The predicted octanol–water partition coefficient (Wildman–Crippen LogP) is 4.99. The van der Waals surface area contributed by atoms with Crippen molar-refractivity contribution < 1.29 is 14.6 Å². The first-order valence-corrected chi connectivity index (χ1v) is 16.1. The molecule has 236 valence electrons. The normalized spacial score (nSPS) is 18.8. The molecule has 0 atom stereocenters. The van der Waals surface area contributed by atoms with E-state index in [1.807, 2.05) is 57.7 Å². The number of rotatable bonds is 11. The van der Waals surface area contributed by atoms with Crippen LogP contribution in [0.25, 0.3) is 16.9 Å². The van der Waals surface area contributed by atoms with Crippen molar-refractivity contribution in [3.05, 3.63) is 87.6 Å². The van der Waals surface area contributed by atoms with Crippen molar-refractivity contribution >= 4 is 17.3 Å². The Hall–Kier alpha value is -4.15. The van der Waals surface area contributed by atoms with E-state index in [-0.39, 0.29) is 30.0 Å². The highest BCUT2D eigenvalue weighted by Gasteiger charge is 2.29. The maximum atomic E-state index is 14.4. The molecule has 1 saturated carbocycles. The molecule has 1 fully saturated rings. The van der Waals surface area contributed by atoms with Crippen LogP contribution in [0.15, 0.2) is 64.8 Å². The van der Waals surface area contributed by atoms with E-state index in [1.54, 1.807) is 20.0 Å². The summed E-state index contributed by atoms with van der Waals surface area (Å²) in [4.78, 5) is 31.0. The number of nitrogens with one attached hydrogen (secondary N) is 1. The van der Waals surface area contributed by atoms with Crippen LogP contribution in [0.3, 0.4) is 0 Å². The van der Waals surface area contributed by atoms with Gasteiger partial charge in [0.25, 0.3) is 5.56 Å². The van der Waals surface area contributed by atoms with Crippen LogP contribution in [0.2, 0.25) is 0 Å². The van der Waals surface area contributed by atoms with Gasteiger partial charge in [0.05, 0.1) is 48.0 Å². The number of hydrogen-bond donors (Lipinski definition) is 2. The number of fused-ring (bicyclic) bond motifs is 1. The highest BCUT2D eigenvalue weighted by molar-refractivity contribution is 6.16.